The van der Waals surface area contributed by atoms with Crippen molar-refractivity contribution in [3.8, 4) is 0 Å². The Labute approximate surface area is 344 Å². The number of carbonyl (C=O) groups is 1. The molecule has 0 aliphatic heterocycles. The van der Waals surface area contributed by atoms with Crippen LogP contribution in [0.1, 0.15) is 155 Å². The molecule has 3 N–H and O–H groups in total. The summed E-state index contributed by atoms with van der Waals surface area (Å²) in [5.74, 6) is -0.224. The van der Waals surface area contributed by atoms with E-state index in [0.717, 1.165) is 70.6 Å². The van der Waals surface area contributed by atoms with Gasteiger partial charge < -0.3 is 19.8 Å². The molecular weight excluding hydrogens is 719 g/mol. The van der Waals surface area contributed by atoms with E-state index in [9.17, 15) is 19.4 Å². The number of carbonyl (C=O) groups excluding carboxylic acids is 1. The first-order chi connectivity index (χ1) is 27.0. The molecule has 0 aromatic rings. The highest BCUT2D eigenvalue weighted by Gasteiger charge is 2.27. The van der Waals surface area contributed by atoms with Crippen LogP contribution in [0, 0.1) is 0 Å². The van der Waals surface area contributed by atoms with Crippen molar-refractivity contribution in [3.05, 3.63) is 85.1 Å². The Hall–Kier alpha value is -2.32. The number of nitrogens with one attached hydrogen (secondary N) is 1. The van der Waals surface area contributed by atoms with Crippen molar-refractivity contribution in [1.29, 1.82) is 0 Å². The number of rotatable bonds is 38. The molecule has 0 radical (unpaired) electrons. The standard InChI is InChI=1S/C47H83N2O6P/c1-6-8-10-12-14-16-18-20-21-22-23-24-25-26-27-29-31-33-35-37-39-41-47(51)48-45(44-55-56(52,53)54-43-42-49(3,4)5)46(50)40-38-36-34-32-30-28-19-17-15-13-11-9-7-2/h8,10,14,16,20-21,23-24,26-27,31,33,38,40,45-46,50H,6-7,9,11-13,15,17-19,22,25,28-30,32,34-37,39,41-44H2,1-5H3,(H-,48,51,52,53)/p+1/b10-8-,16-14-,21-20-,24-23-,27-26-,33-31-,40-38+. The average Bonchev–Trinajstić information content (AvgIpc) is 3.15. The van der Waals surface area contributed by atoms with Crippen molar-refractivity contribution in [1.82, 2.24) is 5.32 Å². The average molecular weight is 804 g/mol. The minimum absolute atomic E-state index is 0.0481. The van der Waals surface area contributed by atoms with Crippen molar-refractivity contribution in [2.24, 2.45) is 0 Å². The predicted molar refractivity (Wildman–Crippen MR) is 239 cm³/mol. The zero-order valence-corrected chi connectivity index (χ0v) is 37.2. The molecule has 8 nitrogen and oxygen atoms in total. The predicted octanol–water partition coefficient (Wildman–Crippen LogP) is 12.2. The van der Waals surface area contributed by atoms with Gasteiger partial charge >= 0.3 is 7.82 Å². The van der Waals surface area contributed by atoms with Crippen LogP contribution < -0.4 is 5.32 Å². The lowest BCUT2D eigenvalue weighted by molar-refractivity contribution is -0.870. The monoisotopic (exact) mass is 804 g/mol. The molecular formula is C47H84N2O6P+. The lowest BCUT2D eigenvalue weighted by Gasteiger charge is -2.25. The minimum Gasteiger partial charge on any atom is -0.387 e. The van der Waals surface area contributed by atoms with Crippen LogP contribution in [0.25, 0.3) is 0 Å². The van der Waals surface area contributed by atoms with Crippen LogP contribution >= 0.6 is 7.82 Å². The van der Waals surface area contributed by atoms with Gasteiger partial charge in [0, 0.05) is 6.42 Å². The highest BCUT2D eigenvalue weighted by molar-refractivity contribution is 7.47. The van der Waals surface area contributed by atoms with Gasteiger partial charge in [0.25, 0.3) is 0 Å². The maximum atomic E-state index is 12.8. The second kappa shape index (κ2) is 38.2. The van der Waals surface area contributed by atoms with E-state index in [-0.39, 0.29) is 19.1 Å². The molecule has 0 aliphatic carbocycles. The zero-order valence-electron chi connectivity index (χ0n) is 36.3. The molecule has 0 fully saturated rings. The summed E-state index contributed by atoms with van der Waals surface area (Å²) in [6, 6.07) is -0.873. The fourth-order valence-corrected chi connectivity index (χ4v) is 6.37. The van der Waals surface area contributed by atoms with Crippen LogP contribution in [-0.4, -0.2) is 73.4 Å². The summed E-state index contributed by atoms with van der Waals surface area (Å²) in [7, 11) is 1.53. The van der Waals surface area contributed by atoms with Crippen molar-refractivity contribution in [2.75, 3.05) is 40.9 Å². The smallest absolute Gasteiger partial charge is 0.387 e. The Balaban J connectivity index is 4.53. The summed E-state index contributed by atoms with van der Waals surface area (Å²) in [5, 5.41) is 13.8. The Bertz CT molecular complexity index is 1180. The van der Waals surface area contributed by atoms with Crippen LogP contribution in [0.4, 0.5) is 0 Å². The van der Waals surface area contributed by atoms with Gasteiger partial charge in [0.2, 0.25) is 5.91 Å². The van der Waals surface area contributed by atoms with Crippen LogP contribution in [0.3, 0.4) is 0 Å². The van der Waals surface area contributed by atoms with Gasteiger partial charge in [-0.25, -0.2) is 4.57 Å². The van der Waals surface area contributed by atoms with Crippen LogP contribution in [0.15, 0.2) is 85.1 Å². The van der Waals surface area contributed by atoms with Gasteiger partial charge in [-0.1, -0.05) is 163 Å². The first-order valence-corrected chi connectivity index (χ1v) is 23.5. The van der Waals surface area contributed by atoms with Crippen molar-refractivity contribution < 1.29 is 32.9 Å². The van der Waals surface area contributed by atoms with Crippen molar-refractivity contribution in [2.45, 2.75) is 167 Å². The third-order valence-corrected chi connectivity index (χ3v) is 10.1. The zero-order chi connectivity index (χ0) is 41.4. The first-order valence-electron chi connectivity index (χ1n) is 22.0. The Morgan fingerprint density at radius 2 is 1.07 bits per heavy atom. The molecule has 3 unspecified atom stereocenters. The molecule has 322 valence electrons. The number of hydrogen-bond donors (Lipinski definition) is 3. The number of aliphatic hydroxyl groups is 1. The first kappa shape index (κ1) is 53.7. The number of likely N-dealkylation sites (N-methyl/N-ethyl adjacent to an activating group) is 1. The largest absolute Gasteiger partial charge is 0.472 e. The number of phosphoric ester groups is 1. The van der Waals surface area contributed by atoms with Gasteiger partial charge in [0.05, 0.1) is 39.9 Å². The molecule has 9 heteroatoms. The van der Waals surface area contributed by atoms with Gasteiger partial charge in [0.1, 0.15) is 13.2 Å². The van der Waals surface area contributed by atoms with E-state index in [1.54, 1.807) is 6.08 Å². The van der Waals surface area contributed by atoms with E-state index >= 15 is 0 Å². The molecule has 0 spiro atoms. The van der Waals surface area contributed by atoms with Crippen molar-refractivity contribution >= 4 is 13.7 Å². The van der Waals surface area contributed by atoms with E-state index in [1.165, 1.54) is 57.8 Å². The molecule has 0 rings (SSSR count). The number of hydrogen-bond acceptors (Lipinski definition) is 5. The van der Waals surface area contributed by atoms with Gasteiger partial charge in [-0.3, -0.25) is 13.8 Å². The summed E-state index contributed by atoms with van der Waals surface area (Å²) in [6.07, 6.45) is 52.2. The van der Waals surface area contributed by atoms with Crippen LogP contribution in [0.5, 0.6) is 0 Å². The van der Waals surface area contributed by atoms with Crippen LogP contribution in [0.2, 0.25) is 0 Å². The topological polar surface area (TPSA) is 105 Å². The van der Waals surface area contributed by atoms with Gasteiger partial charge in [-0.15, -0.1) is 0 Å². The van der Waals surface area contributed by atoms with E-state index in [4.69, 9.17) is 9.05 Å². The lowest BCUT2D eigenvalue weighted by atomic mass is 10.0. The second-order valence-electron chi connectivity index (χ2n) is 15.7. The molecule has 1 amide bonds. The van der Waals surface area contributed by atoms with Gasteiger partial charge in [-0.05, 0) is 70.6 Å². The molecule has 0 saturated carbocycles. The molecule has 0 heterocycles. The Morgan fingerprint density at radius 3 is 1.57 bits per heavy atom. The van der Waals surface area contributed by atoms with E-state index < -0.39 is 20.0 Å². The maximum absolute atomic E-state index is 12.8. The number of nitrogens with zero attached hydrogens (tertiary/aromatic N) is 1. The third-order valence-electron chi connectivity index (χ3n) is 9.12. The summed E-state index contributed by atoms with van der Waals surface area (Å²) in [4.78, 5) is 23.1. The van der Waals surface area contributed by atoms with E-state index in [0.29, 0.717) is 23.9 Å². The van der Waals surface area contributed by atoms with Crippen LogP contribution in [-0.2, 0) is 18.4 Å². The molecule has 0 aliphatic rings. The highest BCUT2D eigenvalue weighted by atomic mass is 31.2. The van der Waals surface area contributed by atoms with Gasteiger partial charge in [-0.2, -0.15) is 0 Å². The molecule has 0 aromatic carbocycles. The Kier molecular flexibility index (Phi) is 36.6. The Morgan fingerprint density at radius 1 is 0.625 bits per heavy atom. The number of allylic oxidation sites excluding steroid dienone is 13. The molecule has 0 bridgehead atoms. The normalized spacial score (nSPS) is 15.2. The molecule has 0 aromatic heterocycles. The molecule has 3 atom stereocenters. The third kappa shape index (κ3) is 39.9. The van der Waals surface area contributed by atoms with E-state index in [1.807, 2.05) is 27.2 Å². The number of amides is 1. The fraction of sp³-hybridized carbons (Fsp3) is 0.681. The van der Waals surface area contributed by atoms with Crippen molar-refractivity contribution in [3.63, 3.8) is 0 Å². The second-order valence-corrected chi connectivity index (χ2v) is 17.1. The quantitative estimate of drug-likeness (QED) is 0.0248. The number of aliphatic hydroxyl groups excluding tert-OH is 1. The number of quaternary nitrogens is 1. The summed E-state index contributed by atoms with van der Waals surface area (Å²) in [5.41, 5.74) is 0. The minimum atomic E-state index is -4.35. The summed E-state index contributed by atoms with van der Waals surface area (Å²) < 4.78 is 23.5. The summed E-state index contributed by atoms with van der Waals surface area (Å²) >= 11 is 0. The molecule has 56 heavy (non-hydrogen) atoms. The summed E-state index contributed by atoms with van der Waals surface area (Å²) in [6.45, 7) is 4.63. The highest BCUT2D eigenvalue weighted by Crippen LogP contribution is 2.43. The lowest BCUT2D eigenvalue weighted by Crippen LogP contribution is -2.45. The number of phosphoric acid groups is 1. The fourth-order valence-electron chi connectivity index (χ4n) is 5.63. The van der Waals surface area contributed by atoms with Gasteiger partial charge in [0.15, 0.2) is 0 Å². The van der Waals surface area contributed by atoms with E-state index in [2.05, 4.69) is 92.1 Å². The maximum Gasteiger partial charge on any atom is 0.472 e. The molecule has 0 saturated heterocycles. The number of unbranched alkanes of at least 4 members (excludes halogenated alkanes) is 13. The SMILES string of the molecule is CC/C=C\C/C=C\C/C=C\C/C=C\C/C=C\C/C=C\CCCCC(=O)NC(COP(=O)(O)OCC[N+](C)(C)C)C(O)/C=C/CCCCCCCCCCCCC.